The highest BCUT2D eigenvalue weighted by atomic mass is 19.1. The molecular weight excluding hydrogens is 277 g/mol. The molecule has 1 atom stereocenters. The second kappa shape index (κ2) is 6.62. The summed E-state index contributed by atoms with van der Waals surface area (Å²) in [6, 6.07) is 2.69. The van der Waals surface area contributed by atoms with Gasteiger partial charge in [-0.15, -0.1) is 0 Å². The van der Waals surface area contributed by atoms with Crippen LogP contribution >= 0.6 is 0 Å². The van der Waals surface area contributed by atoms with Crippen LogP contribution in [0.3, 0.4) is 0 Å². The Labute approximate surface area is 121 Å². The highest BCUT2D eigenvalue weighted by Gasteiger charge is 2.27. The predicted octanol–water partition coefficient (Wildman–Crippen LogP) is 1.98. The van der Waals surface area contributed by atoms with E-state index in [-0.39, 0.29) is 23.8 Å². The van der Waals surface area contributed by atoms with Gasteiger partial charge in [-0.1, -0.05) is 12.8 Å². The number of hydrogen-bond acceptors (Lipinski definition) is 4. The zero-order valence-electron chi connectivity index (χ0n) is 11.5. The van der Waals surface area contributed by atoms with Crippen LogP contribution in [0.25, 0.3) is 0 Å². The Morgan fingerprint density at radius 3 is 2.71 bits per heavy atom. The number of nitro benzene ring substituents is 1. The van der Waals surface area contributed by atoms with Gasteiger partial charge < -0.3 is 11.1 Å². The largest absolute Gasteiger partial charge is 0.348 e. The summed E-state index contributed by atoms with van der Waals surface area (Å²) < 4.78 is 13.7. The van der Waals surface area contributed by atoms with Gasteiger partial charge in [0.05, 0.1) is 10.5 Å². The summed E-state index contributed by atoms with van der Waals surface area (Å²) in [5.74, 6) is -1.14. The highest BCUT2D eigenvalue weighted by Crippen LogP contribution is 2.27. The second-order valence-corrected chi connectivity index (χ2v) is 5.28. The van der Waals surface area contributed by atoms with Gasteiger partial charge in [-0.25, -0.2) is 4.39 Å². The van der Waals surface area contributed by atoms with Gasteiger partial charge in [0.15, 0.2) is 0 Å². The first-order valence-corrected chi connectivity index (χ1v) is 6.97. The molecule has 1 aliphatic carbocycles. The first kappa shape index (κ1) is 15.4. The van der Waals surface area contributed by atoms with Crippen LogP contribution in [0.2, 0.25) is 0 Å². The van der Waals surface area contributed by atoms with Gasteiger partial charge in [-0.2, -0.15) is 0 Å². The molecule has 114 valence electrons. The third-order valence-corrected chi connectivity index (χ3v) is 3.94. The highest BCUT2D eigenvalue weighted by molar-refractivity contribution is 5.95. The first-order valence-electron chi connectivity index (χ1n) is 6.97. The topological polar surface area (TPSA) is 98.3 Å². The maximum absolute atomic E-state index is 13.7. The van der Waals surface area contributed by atoms with Crippen molar-refractivity contribution in [3.05, 3.63) is 39.7 Å². The van der Waals surface area contributed by atoms with Crippen molar-refractivity contribution in [3.8, 4) is 0 Å². The Morgan fingerprint density at radius 1 is 1.48 bits per heavy atom. The summed E-state index contributed by atoms with van der Waals surface area (Å²) in [6.45, 7) is 0.271. The summed E-state index contributed by atoms with van der Waals surface area (Å²) in [6.07, 6.45) is 4.17. The summed E-state index contributed by atoms with van der Waals surface area (Å²) in [4.78, 5) is 22.2. The van der Waals surface area contributed by atoms with Crippen molar-refractivity contribution >= 4 is 11.6 Å². The van der Waals surface area contributed by atoms with E-state index >= 15 is 0 Å². The van der Waals surface area contributed by atoms with Crippen LogP contribution in [0.5, 0.6) is 0 Å². The van der Waals surface area contributed by atoms with Crippen LogP contribution in [0.4, 0.5) is 10.1 Å². The minimum absolute atomic E-state index is 0.223. The molecule has 1 aliphatic rings. The lowest BCUT2D eigenvalue weighted by atomic mass is 9.97. The van der Waals surface area contributed by atoms with E-state index in [1.54, 1.807) is 0 Å². The van der Waals surface area contributed by atoms with Gasteiger partial charge in [0.25, 0.3) is 11.6 Å². The molecule has 6 nitrogen and oxygen atoms in total. The number of nitrogens with zero attached hydrogens (tertiary/aromatic N) is 1. The number of nitro groups is 1. The standard InChI is InChI=1S/C14H18FN3O3/c15-12-6-5-10(18(20)21)7-11(12)14(19)17-13(8-16)9-3-1-2-4-9/h5-7,9,13H,1-4,8,16H2,(H,17,19). The summed E-state index contributed by atoms with van der Waals surface area (Å²) in [7, 11) is 0. The Kier molecular flexibility index (Phi) is 4.85. The molecule has 0 aromatic heterocycles. The average molecular weight is 295 g/mol. The minimum atomic E-state index is -0.778. The molecule has 1 aromatic carbocycles. The number of non-ortho nitro benzene ring substituents is 1. The van der Waals surface area contributed by atoms with Crippen molar-refractivity contribution in [2.45, 2.75) is 31.7 Å². The van der Waals surface area contributed by atoms with E-state index in [1.165, 1.54) is 0 Å². The molecule has 21 heavy (non-hydrogen) atoms. The number of nitrogens with one attached hydrogen (secondary N) is 1. The molecule has 0 heterocycles. The second-order valence-electron chi connectivity index (χ2n) is 5.28. The minimum Gasteiger partial charge on any atom is -0.348 e. The van der Waals surface area contributed by atoms with Crippen LogP contribution in [0, 0.1) is 21.8 Å². The molecule has 3 N–H and O–H groups in total. The lowest BCUT2D eigenvalue weighted by molar-refractivity contribution is -0.384. The number of hydrogen-bond donors (Lipinski definition) is 2. The number of halogens is 1. The van der Waals surface area contributed by atoms with Crippen molar-refractivity contribution in [1.82, 2.24) is 5.32 Å². The van der Waals surface area contributed by atoms with Crippen molar-refractivity contribution in [1.29, 1.82) is 0 Å². The molecule has 1 aromatic rings. The van der Waals surface area contributed by atoms with Crippen LogP contribution < -0.4 is 11.1 Å². The normalized spacial score (nSPS) is 16.7. The van der Waals surface area contributed by atoms with Crippen LogP contribution in [0.15, 0.2) is 18.2 Å². The molecule has 0 bridgehead atoms. The molecule has 2 rings (SSSR count). The Balaban J connectivity index is 2.15. The molecular formula is C14H18FN3O3. The summed E-state index contributed by atoms with van der Waals surface area (Å²) in [5.41, 5.74) is 5.05. The number of carbonyl (C=O) groups excluding carboxylic acids is 1. The van der Waals surface area contributed by atoms with Crippen LogP contribution in [-0.4, -0.2) is 23.4 Å². The monoisotopic (exact) mass is 295 g/mol. The fourth-order valence-electron chi connectivity index (χ4n) is 2.78. The van der Waals surface area contributed by atoms with Gasteiger partial charge in [0.2, 0.25) is 0 Å². The lowest BCUT2D eigenvalue weighted by Gasteiger charge is -2.23. The third kappa shape index (κ3) is 3.55. The Hall–Kier alpha value is -2.02. The Morgan fingerprint density at radius 2 is 2.14 bits per heavy atom. The van der Waals surface area contributed by atoms with Crippen molar-refractivity contribution in [2.75, 3.05) is 6.54 Å². The van der Waals surface area contributed by atoms with Crippen LogP contribution in [-0.2, 0) is 0 Å². The number of amides is 1. The van der Waals surface area contributed by atoms with Crippen molar-refractivity contribution < 1.29 is 14.1 Å². The molecule has 0 aliphatic heterocycles. The number of benzene rings is 1. The molecule has 1 unspecified atom stereocenters. The molecule has 0 spiro atoms. The van der Waals surface area contributed by atoms with Gasteiger partial charge in [-0.3, -0.25) is 14.9 Å². The molecule has 1 fully saturated rings. The molecule has 0 saturated heterocycles. The van der Waals surface area contributed by atoms with Crippen LogP contribution in [0.1, 0.15) is 36.0 Å². The average Bonchev–Trinajstić information content (AvgIpc) is 2.98. The quantitative estimate of drug-likeness (QED) is 0.641. The maximum Gasteiger partial charge on any atom is 0.270 e. The van der Waals surface area contributed by atoms with E-state index in [4.69, 9.17) is 5.73 Å². The third-order valence-electron chi connectivity index (χ3n) is 3.94. The van der Waals surface area contributed by atoms with Gasteiger partial charge >= 0.3 is 0 Å². The zero-order chi connectivity index (χ0) is 15.4. The fourth-order valence-corrected chi connectivity index (χ4v) is 2.78. The Bertz CT molecular complexity index is 544. The van der Waals surface area contributed by atoms with E-state index in [9.17, 15) is 19.3 Å². The number of rotatable bonds is 5. The molecule has 0 radical (unpaired) electrons. The lowest BCUT2D eigenvalue weighted by Crippen LogP contribution is -2.44. The van der Waals surface area contributed by atoms with E-state index in [0.717, 1.165) is 43.9 Å². The smallest absolute Gasteiger partial charge is 0.270 e. The van der Waals surface area contributed by atoms with E-state index in [2.05, 4.69) is 5.32 Å². The molecule has 1 amide bonds. The van der Waals surface area contributed by atoms with E-state index in [1.807, 2.05) is 0 Å². The zero-order valence-corrected chi connectivity index (χ0v) is 11.5. The van der Waals surface area contributed by atoms with Crippen molar-refractivity contribution in [2.24, 2.45) is 11.7 Å². The molecule has 7 heteroatoms. The predicted molar refractivity (Wildman–Crippen MR) is 75.3 cm³/mol. The van der Waals surface area contributed by atoms with Crippen molar-refractivity contribution in [3.63, 3.8) is 0 Å². The van der Waals surface area contributed by atoms with Gasteiger partial charge in [-0.05, 0) is 24.8 Å². The van der Waals surface area contributed by atoms with Gasteiger partial charge in [0.1, 0.15) is 5.82 Å². The number of nitrogens with two attached hydrogens (primary N) is 1. The fraction of sp³-hybridized carbons (Fsp3) is 0.500. The van der Waals surface area contributed by atoms with E-state index < -0.39 is 16.6 Å². The summed E-state index contributed by atoms with van der Waals surface area (Å²) >= 11 is 0. The number of carbonyl (C=O) groups is 1. The maximum atomic E-state index is 13.7. The summed E-state index contributed by atoms with van der Waals surface area (Å²) in [5, 5.41) is 13.4. The first-order chi connectivity index (χ1) is 10.0. The van der Waals surface area contributed by atoms with E-state index in [0.29, 0.717) is 5.92 Å². The molecule has 1 saturated carbocycles. The van der Waals surface area contributed by atoms with Gasteiger partial charge in [0, 0.05) is 24.7 Å². The SMILES string of the molecule is NCC(NC(=O)c1cc([N+](=O)[O-])ccc1F)C1CCCC1.